The van der Waals surface area contributed by atoms with Crippen molar-refractivity contribution in [3.8, 4) is 0 Å². The van der Waals surface area contributed by atoms with Gasteiger partial charge in [0, 0.05) is 18.5 Å². The van der Waals surface area contributed by atoms with Crippen LogP contribution in [0.5, 0.6) is 0 Å². The molecule has 0 fully saturated rings. The minimum Gasteiger partial charge on any atom is -0.383 e. The van der Waals surface area contributed by atoms with E-state index < -0.39 is 0 Å². The number of rotatable bonds is 5. The lowest BCUT2D eigenvalue weighted by atomic mass is 10.0. The van der Waals surface area contributed by atoms with E-state index in [0.717, 1.165) is 18.4 Å². The SMILES string of the molecule is CC(C)C(=O)CCCc1cccnc1N. The maximum atomic E-state index is 11.4. The molecule has 0 aliphatic rings. The molecule has 0 aromatic carbocycles. The Morgan fingerprint density at radius 1 is 1.53 bits per heavy atom. The first-order chi connectivity index (χ1) is 7.11. The summed E-state index contributed by atoms with van der Waals surface area (Å²) in [5.74, 6) is 1.03. The van der Waals surface area contributed by atoms with Crippen molar-refractivity contribution in [1.82, 2.24) is 4.98 Å². The van der Waals surface area contributed by atoms with Crippen molar-refractivity contribution in [2.45, 2.75) is 33.1 Å². The normalized spacial score (nSPS) is 10.6. The lowest BCUT2D eigenvalue weighted by Crippen LogP contribution is -2.07. The van der Waals surface area contributed by atoms with Crippen LogP contribution in [0.1, 0.15) is 32.3 Å². The van der Waals surface area contributed by atoms with Gasteiger partial charge in [0.2, 0.25) is 0 Å². The number of anilines is 1. The number of hydrogen-bond acceptors (Lipinski definition) is 3. The summed E-state index contributed by atoms with van der Waals surface area (Å²) in [5.41, 5.74) is 6.74. The highest BCUT2D eigenvalue weighted by Crippen LogP contribution is 2.12. The van der Waals surface area contributed by atoms with Gasteiger partial charge in [0.1, 0.15) is 11.6 Å². The molecule has 3 nitrogen and oxygen atoms in total. The fourth-order valence-electron chi connectivity index (χ4n) is 1.40. The van der Waals surface area contributed by atoms with Crippen molar-refractivity contribution < 1.29 is 4.79 Å². The molecule has 0 bridgehead atoms. The topological polar surface area (TPSA) is 56.0 Å². The van der Waals surface area contributed by atoms with Crippen LogP contribution >= 0.6 is 0 Å². The first-order valence-corrected chi connectivity index (χ1v) is 5.33. The number of ketones is 1. The Hall–Kier alpha value is -1.38. The lowest BCUT2D eigenvalue weighted by molar-refractivity contribution is -0.121. The Kier molecular flexibility index (Phi) is 4.28. The third-order valence-electron chi connectivity index (χ3n) is 2.44. The van der Waals surface area contributed by atoms with Gasteiger partial charge in [-0.3, -0.25) is 4.79 Å². The van der Waals surface area contributed by atoms with Gasteiger partial charge in [-0.25, -0.2) is 4.98 Å². The molecular weight excluding hydrogens is 188 g/mol. The van der Waals surface area contributed by atoms with Gasteiger partial charge >= 0.3 is 0 Å². The van der Waals surface area contributed by atoms with E-state index in [0.29, 0.717) is 18.0 Å². The zero-order valence-corrected chi connectivity index (χ0v) is 9.36. The van der Waals surface area contributed by atoms with Crippen LogP contribution in [0.3, 0.4) is 0 Å². The minimum absolute atomic E-state index is 0.135. The molecule has 0 aliphatic heterocycles. The van der Waals surface area contributed by atoms with E-state index in [1.807, 2.05) is 26.0 Å². The second kappa shape index (κ2) is 5.49. The van der Waals surface area contributed by atoms with Crippen molar-refractivity contribution in [2.24, 2.45) is 5.92 Å². The van der Waals surface area contributed by atoms with Gasteiger partial charge in [-0.15, -0.1) is 0 Å². The number of aromatic nitrogens is 1. The van der Waals surface area contributed by atoms with Gasteiger partial charge in [-0.1, -0.05) is 19.9 Å². The first kappa shape index (κ1) is 11.7. The number of carbonyl (C=O) groups excluding carboxylic acids is 1. The van der Waals surface area contributed by atoms with Gasteiger partial charge in [0.05, 0.1) is 0 Å². The number of nitrogens with two attached hydrogens (primary N) is 1. The van der Waals surface area contributed by atoms with E-state index in [2.05, 4.69) is 4.98 Å². The molecule has 0 saturated heterocycles. The molecule has 1 aromatic rings. The summed E-state index contributed by atoms with van der Waals surface area (Å²) in [6, 6.07) is 3.83. The van der Waals surface area contributed by atoms with Crippen molar-refractivity contribution in [1.29, 1.82) is 0 Å². The molecule has 0 spiro atoms. The number of nitrogen functional groups attached to an aromatic ring is 1. The summed E-state index contributed by atoms with van der Waals surface area (Å²) >= 11 is 0. The maximum Gasteiger partial charge on any atom is 0.135 e. The van der Waals surface area contributed by atoms with Gasteiger partial charge in [-0.2, -0.15) is 0 Å². The highest BCUT2D eigenvalue weighted by molar-refractivity contribution is 5.80. The molecule has 1 aromatic heterocycles. The van der Waals surface area contributed by atoms with Gasteiger partial charge in [-0.05, 0) is 24.5 Å². The summed E-state index contributed by atoms with van der Waals surface area (Å²) in [6.07, 6.45) is 4.00. The summed E-state index contributed by atoms with van der Waals surface area (Å²) in [5, 5.41) is 0. The van der Waals surface area contributed by atoms with Crippen molar-refractivity contribution in [3.05, 3.63) is 23.9 Å². The molecular formula is C12H18N2O. The van der Waals surface area contributed by atoms with Crippen molar-refractivity contribution in [3.63, 3.8) is 0 Å². The Labute approximate surface area is 90.7 Å². The number of pyridine rings is 1. The highest BCUT2D eigenvalue weighted by Gasteiger charge is 2.07. The van der Waals surface area contributed by atoms with E-state index >= 15 is 0 Å². The number of aryl methyl sites for hydroxylation is 1. The van der Waals surface area contributed by atoms with Crippen LogP contribution in [-0.4, -0.2) is 10.8 Å². The second-order valence-corrected chi connectivity index (χ2v) is 4.02. The fourth-order valence-corrected chi connectivity index (χ4v) is 1.40. The van der Waals surface area contributed by atoms with Crippen LogP contribution in [-0.2, 0) is 11.2 Å². The molecule has 0 atom stereocenters. The first-order valence-electron chi connectivity index (χ1n) is 5.33. The summed E-state index contributed by atoms with van der Waals surface area (Å²) in [7, 11) is 0. The fraction of sp³-hybridized carbons (Fsp3) is 0.500. The predicted molar refractivity (Wildman–Crippen MR) is 61.4 cm³/mol. The van der Waals surface area contributed by atoms with Crippen LogP contribution in [0.25, 0.3) is 0 Å². The smallest absolute Gasteiger partial charge is 0.135 e. The van der Waals surface area contributed by atoms with Gasteiger partial charge in [0.25, 0.3) is 0 Å². The lowest BCUT2D eigenvalue weighted by Gasteiger charge is -2.05. The third-order valence-corrected chi connectivity index (χ3v) is 2.44. The van der Waals surface area contributed by atoms with Crippen LogP contribution < -0.4 is 5.73 Å². The third kappa shape index (κ3) is 3.70. The van der Waals surface area contributed by atoms with Crippen molar-refractivity contribution >= 4 is 11.6 Å². The number of nitrogens with zero attached hydrogens (tertiary/aromatic N) is 1. The Balaban J connectivity index is 2.38. The number of carbonyl (C=O) groups is 1. The van der Waals surface area contributed by atoms with Gasteiger partial charge < -0.3 is 5.73 Å². The molecule has 0 unspecified atom stereocenters. The Bertz CT molecular complexity index is 334. The van der Waals surface area contributed by atoms with E-state index in [1.165, 1.54) is 0 Å². The predicted octanol–water partition coefficient (Wildman–Crippen LogP) is 2.21. The highest BCUT2D eigenvalue weighted by atomic mass is 16.1. The van der Waals surface area contributed by atoms with Gasteiger partial charge in [0.15, 0.2) is 0 Å². The monoisotopic (exact) mass is 206 g/mol. The van der Waals surface area contributed by atoms with Crippen LogP contribution in [0, 0.1) is 5.92 Å². The maximum absolute atomic E-state index is 11.4. The molecule has 1 heterocycles. The van der Waals surface area contributed by atoms with E-state index in [4.69, 9.17) is 5.73 Å². The molecule has 2 N–H and O–H groups in total. The molecule has 0 radical (unpaired) electrons. The van der Waals surface area contributed by atoms with Crippen LogP contribution in [0.15, 0.2) is 18.3 Å². The molecule has 0 aliphatic carbocycles. The Morgan fingerprint density at radius 3 is 2.87 bits per heavy atom. The molecule has 0 amide bonds. The average molecular weight is 206 g/mol. The number of Topliss-reactive ketones (excluding diaryl/α,β-unsaturated/α-hetero) is 1. The van der Waals surface area contributed by atoms with E-state index in [-0.39, 0.29) is 5.92 Å². The summed E-state index contributed by atoms with van der Waals surface area (Å²) < 4.78 is 0. The van der Waals surface area contributed by atoms with E-state index in [9.17, 15) is 4.79 Å². The second-order valence-electron chi connectivity index (χ2n) is 4.02. The molecule has 15 heavy (non-hydrogen) atoms. The standard InChI is InChI=1S/C12H18N2O/c1-9(2)11(15)7-3-5-10-6-4-8-14-12(10)13/h4,6,8-9H,3,5,7H2,1-2H3,(H2,13,14). The van der Waals surface area contributed by atoms with Crippen molar-refractivity contribution in [2.75, 3.05) is 5.73 Å². The molecule has 1 rings (SSSR count). The summed E-state index contributed by atoms with van der Waals surface area (Å²) in [6.45, 7) is 3.86. The number of hydrogen-bond donors (Lipinski definition) is 1. The zero-order chi connectivity index (χ0) is 11.3. The zero-order valence-electron chi connectivity index (χ0n) is 9.36. The molecule has 82 valence electrons. The van der Waals surface area contributed by atoms with Crippen LogP contribution in [0.2, 0.25) is 0 Å². The quantitative estimate of drug-likeness (QED) is 0.803. The van der Waals surface area contributed by atoms with Crippen LogP contribution in [0.4, 0.5) is 5.82 Å². The Morgan fingerprint density at radius 2 is 2.27 bits per heavy atom. The molecule has 3 heteroatoms. The minimum atomic E-state index is 0.135. The molecule has 0 saturated carbocycles. The summed E-state index contributed by atoms with van der Waals surface area (Å²) in [4.78, 5) is 15.4. The average Bonchev–Trinajstić information content (AvgIpc) is 2.20. The largest absolute Gasteiger partial charge is 0.383 e. The van der Waals surface area contributed by atoms with E-state index in [1.54, 1.807) is 6.20 Å².